The first-order chi connectivity index (χ1) is 6.56. The second-order valence-electron chi connectivity index (χ2n) is 4.02. The molecule has 1 aromatic carbocycles. The second-order valence-corrected chi connectivity index (χ2v) is 4.02. The Bertz CT molecular complexity index is 280. The number of hydrogen-bond acceptors (Lipinski definition) is 2. The predicted octanol–water partition coefficient (Wildman–Crippen LogP) is 1.61. The lowest BCUT2D eigenvalue weighted by Crippen LogP contribution is -2.35. The molecule has 0 aromatic heterocycles. The molecule has 2 nitrogen and oxygen atoms in total. The molecule has 0 atom stereocenters. The molecule has 0 saturated carbocycles. The fourth-order valence-electron chi connectivity index (χ4n) is 1.39. The zero-order valence-electron chi connectivity index (χ0n) is 8.68. The Labute approximate surface area is 84.3 Å². The Kier molecular flexibility index (Phi) is 3.61. The molecule has 0 aliphatic heterocycles. The first-order valence-electron chi connectivity index (χ1n) is 4.73. The molecule has 0 aliphatic carbocycles. The molecule has 0 unspecified atom stereocenters. The molecule has 3 N–H and O–H groups in total. The third-order valence-electron chi connectivity index (χ3n) is 2.34. The van der Waals surface area contributed by atoms with Crippen molar-refractivity contribution in [3.05, 3.63) is 35.6 Å². The average molecular weight is 196 g/mol. The Morgan fingerprint density at radius 1 is 1.29 bits per heavy atom. The van der Waals surface area contributed by atoms with E-state index in [0.29, 0.717) is 6.67 Å². The van der Waals surface area contributed by atoms with Gasteiger partial charge in [-0.25, -0.2) is 4.39 Å². The third kappa shape index (κ3) is 2.79. The molecule has 0 bridgehead atoms. The highest BCUT2D eigenvalue weighted by atomic mass is 19.1. The van der Waals surface area contributed by atoms with Crippen LogP contribution in [0.5, 0.6) is 0 Å². The summed E-state index contributed by atoms with van der Waals surface area (Å²) in [5.41, 5.74) is 6.46. The van der Waals surface area contributed by atoms with E-state index in [2.05, 4.69) is 19.2 Å². The molecule has 0 radical (unpaired) electrons. The lowest BCUT2D eigenvalue weighted by Gasteiger charge is -2.25. The van der Waals surface area contributed by atoms with Crippen LogP contribution < -0.4 is 11.1 Å². The SMILES string of the molecule is CC(C)(CNCN)c1ccc(F)cc1. The van der Waals surface area contributed by atoms with Gasteiger partial charge >= 0.3 is 0 Å². The molecule has 0 aliphatic rings. The molecule has 0 saturated heterocycles. The number of nitrogens with two attached hydrogens (primary N) is 1. The molecule has 3 heteroatoms. The minimum Gasteiger partial charge on any atom is -0.318 e. The van der Waals surface area contributed by atoms with E-state index in [1.165, 1.54) is 12.1 Å². The van der Waals surface area contributed by atoms with E-state index in [-0.39, 0.29) is 11.2 Å². The summed E-state index contributed by atoms with van der Waals surface area (Å²) in [5.74, 6) is -0.198. The van der Waals surface area contributed by atoms with Crippen molar-refractivity contribution in [3.8, 4) is 0 Å². The van der Waals surface area contributed by atoms with E-state index in [1.807, 2.05) is 12.1 Å². The van der Waals surface area contributed by atoms with Gasteiger partial charge in [0.05, 0.1) is 0 Å². The van der Waals surface area contributed by atoms with Crippen LogP contribution in [-0.2, 0) is 5.41 Å². The smallest absolute Gasteiger partial charge is 0.123 e. The van der Waals surface area contributed by atoms with Crippen molar-refractivity contribution in [2.45, 2.75) is 19.3 Å². The molecule has 1 aromatic rings. The van der Waals surface area contributed by atoms with E-state index < -0.39 is 0 Å². The molecule has 0 spiro atoms. The summed E-state index contributed by atoms with van der Waals surface area (Å²) in [6, 6.07) is 6.60. The van der Waals surface area contributed by atoms with Crippen LogP contribution in [0.3, 0.4) is 0 Å². The zero-order valence-corrected chi connectivity index (χ0v) is 8.68. The van der Waals surface area contributed by atoms with Crippen LogP contribution in [0, 0.1) is 5.82 Å². The molecule has 0 heterocycles. The summed E-state index contributed by atoms with van der Waals surface area (Å²) in [4.78, 5) is 0. The Balaban J connectivity index is 2.75. The van der Waals surface area contributed by atoms with Gasteiger partial charge in [0.15, 0.2) is 0 Å². The maximum absolute atomic E-state index is 12.7. The highest BCUT2D eigenvalue weighted by Crippen LogP contribution is 2.22. The van der Waals surface area contributed by atoms with Crippen LogP contribution in [0.1, 0.15) is 19.4 Å². The number of halogens is 1. The van der Waals surface area contributed by atoms with Crippen LogP contribution in [-0.4, -0.2) is 13.2 Å². The van der Waals surface area contributed by atoms with E-state index in [4.69, 9.17) is 5.73 Å². The van der Waals surface area contributed by atoms with E-state index in [1.54, 1.807) is 0 Å². The summed E-state index contributed by atoms with van der Waals surface area (Å²) in [6.07, 6.45) is 0. The largest absolute Gasteiger partial charge is 0.318 e. The lowest BCUT2D eigenvalue weighted by atomic mass is 9.85. The van der Waals surface area contributed by atoms with Gasteiger partial charge in [-0.1, -0.05) is 26.0 Å². The van der Waals surface area contributed by atoms with Crippen molar-refractivity contribution in [1.82, 2.24) is 5.32 Å². The van der Waals surface area contributed by atoms with Crippen molar-refractivity contribution in [1.29, 1.82) is 0 Å². The van der Waals surface area contributed by atoms with Gasteiger partial charge in [-0.05, 0) is 17.7 Å². The van der Waals surface area contributed by atoms with Crippen molar-refractivity contribution in [3.63, 3.8) is 0 Å². The normalized spacial score (nSPS) is 11.7. The van der Waals surface area contributed by atoms with Gasteiger partial charge in [0.1, 0.15) is 5.82 Å². The Morgan fingerprint density at radius 2 is 1.86 bits per heavy atom. The highest BCUT2D eigenvalue weighted by Gasteiger charge is 2.19. The number of rotatable bonds is 4. The fourth-order valence-corrected chi connectivity index (χ4v) is 1.39. The van der Waals surface area contributed by atoms with Gasteiger partial charge in [-0.2, -0.15) is 0 Å². The van der Waals surface area contributed by atoms with Gasteiger partial charge in [-0.3, -0.25) is 0 Å². The summed E-state index contributed by atoms with van der Waals surface area (Å²) >= 11 is 0. The quantitative estimate of drug-likeness (QED) is 0.718. The second kappa shape index (κ2) is 4.53. The molecular weight excluding hydrogens is 179 g/mol. The Hall–Kier alpha value is -0.930. The van der Waals surface area contributed by atoms with E-state index in [0.717, 1.165) is 12.1 Å². The number of benzene rings is 1. The molecule has 78 valence electrons. The average Bonchev–Trinajstić information content (AvgIpc) is 2.16. The molecular formula is C11H17FN2. The van der Waals surface area contributed by atoms with Gasteiger partial charge < -0.3 is 11.1 Å². The van der Waals surface area contributed by atoms with Gasteiger partial charge in [0.25, 0.3) is 0 Å². The van der Waals surface area contributed by atoms with Gasteiger partial charge in [0, 0.05) is 18.6 Å². The van der Waals surface area contributed by atoms with Gasteiger partial charge in [-0.15, -0.1) is 0 Å². The minimum absolute atomic E-state index is 0.0208. The van der Waals surface area contributed by atoms with Crippen molar-refractivity contribution in [2.75, 3.05) is 13.2 Å². The molecule has 14 heavy (non-hydrogen) atoms. The first-order valence-corrected chi connectivity index (χ1v) is 4.73. The fraction of sp³-hybridized carbons (Fsp3) is 0.455. The lowest BCUT2D eigenvalue weighted by molar-refractivity contribution is 0.473. The molecule has 0 amide bonds. The summed E-state index contributed by atoms with van der Waals surface area (Å²) in [5, 5.41) is 3.09. The highest BCUT2D eigenvalue weighted by molar-refractivity contribution is 5.24. The summed E-state index contributed by atoms with van der Waals surface area (Å²) in [6.45, 7) is 5.45. The first kappa shape index (κ1) is 11.1. The van der Waals surface area contributed by atoms with Crippen molar-refractivity contribution in [2.24, 2.45) is 5.73 Å². The van der Waals surface area contributed by atoms with Crippen LogP contribution in [0.25, 0.3) is 0 Å². The topological polar surface area (TPSA) is 38.0 Å². The van der Waals surface area contributed by atoms with Crippen LogP contribution in [0.4, 0.5) is 4.39 Å². The molecule has 0 fully saturated rings. The standard InChI is InChI=1S/C11H17FN2/c1-11(2,7-14-8-13)9-3-5-10(12)6-4-9/h3-6,14H,7-8,13H2,1-2H3. The maximum Gasteiger partial charge on any atom is 0.123 e. The summed E-state index contributed by atoms with van der Waals surface area (Å²) in [7, 11) is 0. The summed E-state index contributed by atoms with van der Waals surface area (Å²) < 4.78 is 12.7. The van der Waals surface area contributed by atoms with Crippen molar-refractivity contribution >= 4 is 0 Å². The zero-order chi connectivity index (χ0) is 10.6. The van der Waals surface area contributed by atoms with E-state index in [9.17, 15) is 4.39 Å². The van der Waals surface area contributed by atoms with Crippen LogP contribution in [0.15, 0.2) is 24.3 Å². The van der Waals surface area contributed by atoms with E-state index >= 15 is 0 Å². The van der Waals surface area contributed by atoms with Gasteiger partial charge in [0.2, 0.25) is 0 Å². The van der Waals surface area contributed by atoms with Crippen LogP contribution in [0.2, 0.25) is 0 Å². The minimum atomic E-state index is -0.198. The molecule has 1 rings (SSSR count). The predicted molar refractivity (Wildman–Crippen MR) is 56.5 cm³/mol. The van der Waals surface area contributed by atoms with Crippen molar-refractivity contribution < 1.29 is 4.39 Å². The third-order valence-corrected chi connectivity index (χ3v) is 2.34. The monoisotopic (exact) mass is 196 g/mol. The van der Waals surface area contributed by atoms with Crippen LogP contribution >= 0.6 is 0 Å². The Morgan fingerprint density at radius 3 is 2.36 bits per heavy atom. The number of nitrogens with one attached hydrogen (secondary N) is 1. The number of hydrogen-bond donors (Lipinski definition) is 2. The maximum atomic E-state index is 12.7.